The minimum Gasteiger partial charge on any atom is -0.460 e. The van der Waals surface area contributed by atoms with Gasteiger partial charge in [-0.1, -0.05) is 0 Å². The van der Waals surface area contributed by atoms with Crippen LogP contribution in [0.4, 0.5) is 0 Å². The topological polar surface area (TPSA) is 64.5 Å². The second kappa shape index (κ2) is 8.20. The minimum absolute atomic E-state index is 0.211. The number of aliphatic hydroxyl groups excluding tert-OH is 1. The van der Waals surface area contributed by atoms with Crippen molar-refractivity contribution in [2.24, 2.45) is 7.05 Å². The molecule has 0 radical (unpaired) electrons. The molecule has 0 saturated carbocycles. The molecule has 30 heavy (non-hydrogen) atoms. The molecule has 5 rings (SSSR count). The van der Waals surface area contributed by atoms with Crippen molar-refractivity contribution in [3.63, 3.8) is 0 Å². The van der Waals surface area contributed by atoms with E-state index in [1.165, 1.54) is 22.2 Å². The normalized spacial score (nSPS) is 18.6. The van der Waals surface area contributed by atoms with Crippen molar-refractivity contribution < 1.29 is 14.8 Å². The van der Waals surface area contributed by atoms with Crippen molar-refractivity contribution in [3.8, 4) is 0 Å². The number of fused-ring (bicyclic) bond motifs is 3. The smallest absolute Gasteiger partial charge is 0.366 e. The lowest BCUT2D eigenvalue weighted by Crippen LogP contribution is -2.71. The van der Waals surface area contributed by atoms with Gasteiger partial charge in [0, 0.05) is 80.4 Å². The van der Waals surface area contributed by atoms with E-state index in [0.29, 0.717) is 12.6 Å². The van der Waals surface area contributed by atoms with E-state index in [1.54, 1.807) is 12.4 Å². The fourth-order valence-electron chi connectivity index (χ4n) is 4.90. The first-order valence-corrected chi connectivity index (χ1v) is 10.8. The molecule has 2 N–H and O–H groups in total. The lowest BCUT2D eigenvalue weighted by molar-refractivity contribution is -0.483. The number of aliphatic hydroxyl groups is 1. The summed E-state index contributed by atoms with van der Waals surface area (Å²) in [7, 11) is 2.16. The van der Waals surface area contributed by atoms with Gasteiger partial charge >= 0.3 is 5.90 Å². The molecule has 0 unspecified atom stereocenters. The monoisotopic (exact) mass is 405 g/mol. The standard InChI is InChI=1S/C24H28N4O2/c1-27-22-3-2-18(24(29)26-15-17-4-9-25-10-5-17)14-20(22)21-16-28(11-6-23(21)27)19-7-12-30-13-8-19/h2-5,9-10,14,19H,6-8,11-13,15-16H2,1H3,(H,26,29)/p+1. The zero-order chi connectivity index (χ0) is 20.5. The Hall–Kier alpha value is -2.70. The number of rotatable bonds is 4. The highest BCUT2D eigenvalue weighted by Crippen LogP contribution is 2.32. The molecular formula is C24H29N4O2+. The van der Waals surface area contributed by atoms with E-state index in [9.17, 15) is 5.11 Å². The molecule has 2 aliphatic rings. The Morgan fingerprint density at radius 3 is 2.80 bits per heavy atom. The maximum absolute atomic E-state index is 10.7. The zero-order valence-corrected chi connectivity index (χ0v) is 17.5. The van der Waals surface area contributed by atoms with E-state index in [-0.39, 0.29) is 5.90 Å². The Morgan fingerprint density at radius 2 is 2.00 bits per heavy atom. The third-order valence-corrected chi connectivity index (χ3v) is 6.62. The lowest BCUT2D eigenvalue weighted by atomic mass is 9.99. The van der Waals surface area contributed by atoms with E-state index in [1.807, 2.05) is 18.2 Å². The number of nitrogens with zero attached hydrogens (tertiary/aromatic N) is 3. The van der Waals surface area contributed by atoms with Gasteiger partial charge in [-0.3, -0.25) is 9.88 Å². The average Bonchev–Trinajstić information content (AvgIpc) is 3.09. The van der Waals surface area contributed by atoms with E-state index in [4.69, 9.17) is 4.74 Å². The number of aryl methyl sites for hydroxylation is 1. The first-order valence-electron chi connectivity index (χ1n) is 10.8. The molecule has 0 amide bonds. The quantitative estimate of drug-likeness (QED) is 0.512. The number of aromatic nitrogens is 2. The maximum atomic E-state index is 10.7. The minimum atomic E-state index is 0.211. The van der Waals surface area contributed by atoms with Crippen molar-refractivity contribution >= 4 is 16.8 Å². The highest BCUT2D eigenvalue weighted by molar-refractivity contribution is 5.95. The van der Waals surface area contributed by atoms with E-state index in [2.05, 4.69) is 38.6 Å². The highest BCUT2D eigenvalue weighted by Gasteiger charge is 2.28. The van der Waals surface area contributed by atoms with Crippen LogP contribution >= 0.6 is 0 Å². The average molecular weight is 406 g/mol. The molecule has 0 atom stereocenters. The summed E-state index contributed by atoms with van der Waals surface area (Å²) in [5, 5.41) is 11.9. The number of ether oxygens (including phenoxy) is 1. The van der Waals surface area contributed by atoms with Crippen molar-refractivity contribution in [2.45, 2.75) is 38.4 Å². The number of hydrogen-bond donors (Lipinski definition) is 2. The van der Waals surface area contributed by atoms with Crippen molar-refractivity contribution in [2.75, 3.05) is 19.8 Å². The highest BCUT2D eigenvalue weighted by atomic mass is 16.5. The summed E-state index contributed by atoms with van der Waals surface area (Å²) < 4.78 is 7.89. The van der Waals surface area contributed by atoms with Crippen LogP contribution < -0.4 is 4.99 Å². The van der Waals surface area contributed by atoms with Gasteiger partial charge < -0.3 is 14.4 Å². The van der Waals surface area contributed by atoms with Crippen LogP contribution in [0.1, 0.15) is 35.2 Å². The summed E-state index contributed by atoms with van der Waals surface area (Å²) in [5.74, 6) is 0.211. The van der Waals surface area contributed by atoms with Gasteiger partial charge in [0.2, 0.25) is 0 Å². The molecule has 4 heterocycles. The molecule has 0 spiro atoms. The Morgan fingerprint density at radius 1 is 1.20 bits per heavy atom. The molecule has 2 aromatic heterocycles. The number of nitrogens with one attached hydrogen (secondary N) is 1. The Balaban J connectivity index is 1.44. The van der Waals surface area contributed by atoms with Gasteiger partial charge in [-0.05, 0) is 48.7 Å². The molecule has 0 aliphatic carbocycles. The van der Waals surface area contributed by atoms with Gasteiger partial charge in [0.05, 0.1) is 5.56 Å². The molecule has 1 saturated heterocycles. The van der Waals surface area contributed by atoms with Crippen LogP contribution in [-0.4, -0.2) is 51.3 Å². The van der Waals surface area contributed by atoms with Crippen LogP contribution in [-0.2, 0) is 31.3 Å². The predicted molar refractivity (Wildman–Crippen MR) is 117 cm³/mol. The van der Waals surface area contributed by atoms with Crippen LogP contribution in [0, 0.1) is 0 Å². The van der Waals surface area contributed by atoms with Gasteiger partial charge in [-0.2, -0.15) is 0 Å². The Labute approximate surface area is 176 Å². The van der Waals surface area contributed by atoms with Gasteiger partial charge in [0.25, 0.3) is 0 Å². The van der Waals surface area contributed by atoms with Gasteiger partial charge in [0.15, 0.2) is 6.54 Å². The summed E-state index contributed by atoms with van der Waals surface area (Å²) >= 11 is 0. The van der Waals surface area contributed by atoms with Crippen molar-refractivity contribution in [3.05, 3.63) is 65.1 Å². The molecule has 0 bridgehead atoms. The largest absolute Gasteiger partial charge is 0.460 e. The van der Waals surface area contributed by atoms with E-state index in [0.717, 1.165) is 56.7 Å². The lowest BCUT2D eigenvalue weighted by Gasteiger charge is -2.37. The fraction of sp³-hybridized carbons (Fsp3) is 0.417. The second-order valence-electron chi connectivity index (χ2n) is 8.34. The summed E-state index contributed by atoms with van der Waals surface area (Å²) in [6.45, 7) is 4.40. The Kier molecular flexibility index (Phi) is 5.27. The summed E-state index contributed by atoms with van der Waals surface area (Å²) in [6.07, 6.45) is 6.85. The zero-order valence-electron chi connectivity index (χ0n) is 17.5. The van der Waals surface area contributed by atoms with Crippen molar-refractivity contribution in [1.82, 2.24) is 14.5 Å². The SMILES string of the molecule is Cn1c2c(c3cc(C(O)=[NH+]Cc4ccncc4)ccc31)CN(C1CCOCC1)CC2. The van der Waals surface area contributed by atoms with Gasteiger partial charge in [0.1, 0.15) is 0 Å². The Bertz CT molecular complexity index is 1070. The first-order chi connectivity index (χ1) is 14.7. The molecule has 1 fully saturated rings. The van der Waals surface area contributed by atoms with Crippen LogP contribution in [0.2, 0.25) is 0 Å². The molecular weight excluding hydrogens is 376 g/mol. The first kappa shape index (κ1) is 19.3. The number of benzene rings is 1. The van der Waals surface area contributed by atoms with Crippen LogP contribution in [0.5, 0.6) is 0 Å². The molecule has 1 aromatic carbocycles. The number of pyridine rings is 1. The van der Waals surface area contributed by atoms with E-state index < -0.39 is 0 Å². The fourth-order valence-corrected chi connectivity index (χ4v) is 4.90. The van der Waals surface area contributed by atoms with Gasteiger partial charge in [-0.25, -0.2) is 4.99 Å². The summed E-state index contributed by atoms with van der Waals surface area (Å²) in [6, 6.07) is 10.8. The van der Waals surface area contributed by atoms with Crippen LogP contribution in [0.25, 0.3) is 10.9 Å². The second-order valence-corrected chi connectivity index (χ2v) is 8.34. The van der Waals surface area contributed by atoms with Crippen LogP contribution in [0.15, 0.2) is 42.7 Å². The molecule has 156 valence electrons. The molecule has 6 heteroatoms. The van der Waals surface area contributed by atoms with E-state index >= 15 is 0 Å². The van der Waals surface area contributed by atoms with Gasteiger partial charge in [-0.15, -0.1) is 0 Å². The predicted octanol–water partition coefficient (Wildman–Crippen LogP) is 1.70. The third kappa shape index (κ3) is 3.61. The summed E-state index contributed by atoms with van der Waals surface area (Å²) in [4.78, 5) is 9.81. The molecule has 3 aromatic rings. The molecule has 6 nitrogen and oxygen atoms in total. The third-order valence-electron chi connectivity index (χ3n) is 6.62. The number of hydrogen-bond acceptors (Lipinski definition) is 3. The summed E-state index contributed by atoms with van der Waals surface area (Å²) in [5.41, 5.74) is 5.98. The maximum Gasteiger partial charge on any atom is 0.366 e. The van der Waals surface area contributed by atoms with Crippen molar-refractivity contribution in [1.29, 1.82) is 0 Å². The van der Waals surface area contributed by atoms with Crippen LogP contribution in [0.3, 0.4) is 0 Å². The molecule has 2 aliphatic heterocycles.